The van der Waals surface area contributed by atoms with Gasteiger partial charge in [0.2, 0.25) is 5.95 Å². The maximum atomic E-state index is 5.73. The summed E-state index contributed by atoms with van der Waals surface area (Å²) in [6.45, 7) is 3.64. The van der Waals surface area contributed by atoms with Crippen LogP contribution in [-0.2, 0) is 4.74 Å². The second kappa shape index (κ2) is 7.95. The van der Waals surface area contributed by atoms with Gasteiger partial charge < -0.3 is 20.7 Å². The number of hydrogen-bond acceptors (Lipinski definition) is 7. The molecule has 146 valence electrons. The summed E-state index contributed by atoms with van der Waals surface area (Å²) < 4.78 is 7.61. The lowest BCUT2D eigenvalue weighted by Crippen LogP contribution is -2.41. The Balaban J connectivity index is 1.45. The average Bonchev–Trinajstić information content (AvgIpc) is 3.36. The van der Waals surface area contributed by atoms with Gasteiger partial charge in [-0.1, -0.05) is 18.2 Å². The first kappa shape index (κ1) is 18.4. The minimum atomic E-state index is 0.0508. The Hall–Kier alpha value is -2.97. The number of para-hydroxylation sites is 1. The van der Waals surface area contributed by atoms with E-state index in [1.54, 1.807) is 13.3 Å². The quantitative estimate of drug-likeness (QED) is 0.674. The SMILES string of the molecule is CO[C@@H]1CN(c2ccnc(N)n2)C[C@@H]1NC(C)c1ccn(-c2ccccc2)n1. The molecular weight excluding hydrogens is 354 g/mol. The fourth-order valence-electron chi connectivity index (χ4n) is 3.60. The molecule has 3 N–H and O–H groups in total. The molecule has 8 heteroatoms. The van der Waals surface area contributed by atoms with Crippen LogP contribution in [0.1, 0.15) is 18.7 Å². The Morgan fingerprint density at radius 1 is 1.18 bits per heavy atom. The summed E-state index contributed by atoms with van der Waals surface area (Å²) in [5.41, 5.74) is 7.76. The van der Waals surface area contributed by atoms with Gasteiger partial charge in [-0.05, 0) is 31.2 Å². The molecule has 1 aliphatic rings. The molecule has 1 saturated heterocycles. The van der Waals surface area contributed by atoms with Crippen LogP contribution >= 0.6 is 0 Å². The lowest BCUT2D eigenvalue weighted by atomic mass is 10.1. The van der Waals surface area contributed by atoms with Crippen molar-refractivity contribution in [3.05, 3.63) is 60.6 Å². The van der Waals surface area contributed by atoms with Crippen molar-refractivity contribution in [2.45, 2.75) is 25.1 Å². The van der Waals surface area contributed by atoms with Gasteiger partial charge in [-0.25, -0.2) is 9.67 Å². The summed E-state index contributed by atoms with van der Waals surface area (Å²) in [6, 6.07) is 14.3. The molecule has 4 rings (SSSR count). The maximum Gasteiger partial charge on any atom is 0.221 e. The van der Waals surface area contributed by atoms with Crippen LogP contribution in [0.25, 0.3) is 5.69 Å². The molecule has 3 aromatic rings. The normalized spacial score (nSPS) is 20.4. The Morgan fingerprint density at radius 2 is 2.00 bits per heavy atom. The molecule has 0 amide bonds. The Morgan fingerprint density at radius 3 is 2.75 bits per heavy atom. The number of nitrogens with zero attached hydrogens (tertiary/aromatic N) is 5. The second-order valence-corrected chi connectivity index (χ2v) is 6.97. The number of hydrogen-bond donors (Lipinski definition) is 2. The minimum absolute atomic E-state index is 0.0508. The van der Waals surface area contributed by atoms with E-state index in [9.17, 15) is 0 Å². The van der Waals surface area contributed by atoms with Gasteiger partial charge in [0, 0.05) is 38.6 Å². The minimum Gasteiger partial charge on any atom is -0.378 e. The standard InChI is InChI=1S/C20H25N7O/c1-14(16-9-11-27(25-16)15-6-4-3-5-7-15)23-17-12-26(13-18(17)28-2)19-8-10-22-20(21)24-19/h3-11,14,17-18,23H,12-13H2,1-2H3,(H2,21,22,24)/t14?,17-,18+/m0/s1. The van der Waals surface area contributed by atoms with Gasteiger partial charge in [-0.2, -0.15) is 10.1 Å². The second-order valence-electron chi connectivity index (χ2n) is 6.97. The predicted molar refractivity (Wildman–Crippen MR) is 108 cm³/mol. The van der Waals surface area contributed by atoms with Crippen molar-refractivity contribution >= 4 is 11.8 Å². The molecular formula is C20H25N7O. The van der Waals surface area contributed by atoms with Gasteiger partial charge >= 0.3 is 0 Å². The van der Waals surface area contributed by atoms with Gasteiger partial charge in [0.05, 0.1) is 23.5 Å². The van der Waals surface area contributed by atoms with Gasteiger partial charge in [0.25, 0.3) is 0 Å². The molecule has 0 bridgehead atoms. The highest BCUT2D eigenvalue weighted by Crippen LogP contribution is 2.23. The number of anilines is 2. The van der Waals surface area contributed by atoms with Gasteiger partial charge in [-0.3, -0.25) is 0 Å². The van der Waals surface area contributed by atoms with Gasteiger partial charge in [0.15, 0.2) is 0 Å². The van der Waals surface area contributed by atoms with Crippen molar-refractivity contribution in [3.63, 3.8) is 0 Å². The number of nitrogens with two attached hydrogens (primary N) is 1. The van der Waals surface area contributed by atoms with E-state index < -0.39 is 0 Å². The molecule has 28 heavy (non-hydrogen) atoms. The summed E-state index contributed by atoms with van der Waals surface area (Å²) in [5, 5.41) is 8.38. The van der Waals surface area contributed by atoms with E-state index in [-0.39, 0.29) is 24.1 Å². The van der Waals surface area contributed by atoms with E-state index in [4.69, 9.17) is 15.6 Å². The van der Waals surface area contributed by atoms with Crippen molar-refractivity contribution in [1.29, 1.82) is 0 Å². The molecule has 1 aromatic carbocycles. The molecule has 1 aliphatic heterocycles. The average molecular weight is 379 g/mol. The molecule has 8 nitrogen and oxygen atoms in total. The molecule has 3 heterocycles. The third-order valence-corrected chi connectivity index (χ3v) is 5.09. The molecule has 1 unspecified atom stereocenters. The van der Waals surface area contributed by atoms with E-state index in [0.717, 1.165) is 30.3 Å². The highest BCUT2D eigenvalue weighted by atomic mass is 16.5. The number of rotatable bonds is 6. The van der Waals surface area contributed by atoms with Crippen LogP contribution in [0.4, 0.5) is 11.8 Å². The van der Waals surface area contributed by atoms with Crippen LogP contribution in [0.3, 0.4) is 0 Å². The van der Waals surface area contributed by atoms with E-state index in [1.165, 1.54) is 0 Å². The smallest absolute Gasteiger partial charge is 0.221 e. The maximum absolute atomic E-state index is 5.73. The van der Waals surface area contributed by atoms with Crippen molar-refractivity contribution < 1.29 is 4.74 Å². The number of benzene rings is 1. The first-order valence-electron chi connectivity index (χ1n) is 9.37. The molecule has 3 atom stereocenters. The fourth-order valence-corrected chi connectivity index (χ4v) is 3.60. The molecule has 0 radical (unpaired) electrons. The number of aromatic nitrogens is 4. The Labute approximate surface area is 164 Å². The zero-order chi connectivity index (χ0) is 19.5. The van der Waals surface area contributed by atoms with Crippen molar-refractivity contribution in [1.82, 2.24) is 25.1 Å². The van der Waals surface area contributed by atoms with E-state index in [0.29, 0.717) is 0 Å². The Kier molecular flexibility index (Phi) is 5.23. The monoisotopic (exact) mass is 379 g/mol. The lowest BCUT2D eigenvalue weighted by Gasteiger charge is -2.22. The zero-order valence-electron chi connectivity index (χ0n) is 16.1. The largest absolute Gasteiger partial charge is 0.378 e. The summed E-state index contributed by atoms with van der Waals surface area (Å²) in [6.07, 6.45) is 3.72. The molecule has 0 spiro atoms. The first-order chi connectivity index (χ1) is 13.6. The van der Waals surface area contributed by atoms with Crippen LogP contribution in [0.15, 0.2) is 54.9 Å². The zero-order valence-corrected chi connectivity index (χ0v) is 16.1. The van der Waals surface area contributed by atoms with Crippen molar-refractivity contribution in [3.8, 4) is 5.69 Å². The predicted octanol–water partition coefficient (Wildman–Crippen LogP) is 1.80. The van der Waals surface area contributed by atoms with Crippen LogP contribution in [0.2, 0.25) is 0 Å². The van der Waals surface area contributed by atoms with Crippen LogP contribution in [-0.4, -0.2) is 52.1 Å². The fraction of sp³-hybridized carbons (Fsp3) is 0.350. The van der Waals surface area contributed by atoms with Crippen LogP contribution in [0, 0.1) is 0 Å². The number of nitrogens with one attached hydrogen (secondary N) is 1. The van der Waals surface area contributed by atoms with Crippen molar-refractivity contribution in [2.24, 2.45) is 0 Å². The molecule has 0 aliphatic carbocycles. The first-order valence-corrected chi connectivity index (χ1v) is 9.37. The van der Waals surface area contributed by atoms with Crippen LogP contribution in [0.5, 0.6) is 0 Å². The number of nitrogen functional groups attached to an aromatic ring is 1. The molecule has 0 saturated carbocycles. The summed E-state index contributed by atoms with van der Waals surface area (Å²) in [4.78, 5) is 10.5. The van der Waals surface area contributed by atoms with Crippen molar-refractivity contribution in [2.75, 3.05) is 30.8 Å². The molecule has 2 aromatic heterocycles. The molecule has 1 fully saturated rings. The third-order valence-electron chi connectivity index (χ3n) is 5.09. The Bertz CT molecular complexity index is 914. The summed E-state index contributed by atoms with van der Waals surface area (Å²) >= 11 is 0. The highest BCUT2D eigenvalue weighted by Gasteiger charge is 2.34. The summed E-state index contributed by atoms with van der Waals surface area (Å²) in [7, 11) is 1.74. The van der Waals surface area contributed by atoms with E-state index in [2.05, 4.69) is 27.1 Å². The van der Waals surface area contributed by atoms with Gasteiger partial charge in [-0.15, -0.1) is 0 Å². The topological polar surface area (TPSA) is 94.1 Å². The third kappa shape index (κ3) is 3.83. The number of methoxy groups -OCH3 is 1. The lowest BCUT2D eigenvalue weighted by molar-refractivity contribution is 0.0937. The van der Waals surface area contributed by atoms with Gasteiger partial charge in [0.1, 0.15) is 5.82 Å². The van der Waals surface area contributed by atoms with Crippen LogP contribution < -0.4 is 16.0 Å². The summed E-state index contributed by atoms with van der Waals surface area (Å²) in [5.74, 6) is 1.10. The van der Waals surface area contributed by atoms with E-state index in [1.807, 2.05) is 53.3 Å². The van der Waals surface area contributed by atoms with E-state index >= 15 is 0 Å². The number of ether oxygens (including phenoxy) is 1. The highest BCUT2D eigenvalue weighted by molar-refractivity contribution is 5.43.